The summed E-state index contributed by atoms with van der Waals surface area (Å²) in [6.45, 7) is 0.896. The maximum Gasteiger partial charge on any atom is 0.263 e. The van der Waals surface area contributed by atoms with Crippen molar-refractivity contribution in [1.82, 2.24) is 14.5 Å². The van der Waals surface area contributed by atoms with Crippen LogP contribution in [0, 0.1) is 5.92 Å². The summed E-state index contributed by atoms with van der Waals surface area (Å²) in [6.07, 6.45) is 8.66. The maximum atomic E-state index is 13.2. The Morgan fingerprint density at radius 1 is 1.10 bits per heavy atom. The van der Waals surface area contributed by atoms with E-state index in [1.54, 1.807) is 0 Å². The summed E-state index contributed by atoms with van der Waals surface area (Å²) in [7, 11) is 0. The number of amides is 1. The van der Waals surface area contributed by atoms with Gasteiger partial charge in [0.25, 0.3) is 5.56 Å². The Kier molecular flexibility index (Phi) is 4.96. The number of carbonyl (C=O) groups is 1. The quantitative estimate of drug-likeness (QED) is 0.650. The molecular weight excluding hydrogens is 382 g/mol. The molecule has 150 valence electrons. The minimum atomic E-state index is -0.124. The van der Waals surface area contributed by atoms with Crippen LogP contribution >= 0.6 is 11.3 Å². The minimum absolute atomic E-state index is 0.0568. The van der Waals surface area contributed by atoms with Crippen LogP contribution in [0.5, 0.6) is 0 Å². The van der Waals surface area contributed by atoms with Gasteiger partial charge in [-0.05, 0) is 37.2 Å². The Bertz CT molecular complexity index is 1090. The molecule has 0 N–H and O–H groups in total. The molecule has 3 aromatic rings. The van der Waals surface area contributed by atoms with E-state index in [0.29, 0.717) is 17.3 Å². The highest BCUT2D eigenvalue weighted by Crippen LogP contribution is 2.35. The van der Waals surface area contributed by atoms with Crippen molar-refractivity contribution in [1.29, 1.82) is 0 Å². The smallest absolute Gasteiger partial charge is 0.263 e. The average Bonchev–Trinajstić information content (AvgIpc) is 3.21. The lowest BCUT2D eigenvalue weighted by atomic mass is 9.78. The summed E-state index contributed by atoms with van der Waals surface area (Å²) in [5.74, 6) is 0.696. The fourth-order valence-electron chi connectivity index (χ4n) is 5.08. The van der Waals surface area contributed by atoms with Crippen molar-refractivity contribution in [3.63, 3.8) is 0 Å². The molecule has 1 saturated carbocycles. The number of likely N-dealkylation sites (tertiary alicyclic amines) is 1. The molecule has 1 aliphatic heterocycles. The third-order valence-corrected chi connectivity index (χ3v) is 7.40. The fourth-order valence-corrected chi connectivity index (χ4v) is 5.99. The molecular formula is C23H25N3O2S. The second-order valence-electron chi connectivity index (χ2n) is 8.21. The van der Waals surface area contributed by atoms with E-state index >= 15 is 0 Å². The van der Waals surface area contributed by atoms with Crippen LogP contribution in [-0.2, 0) is 11.3 Å². The van der Waals surface area contributed by atoms with Crippen LogP contribution in [0.15, 0.2) is 46.8 Å². The Morgan fingerprint density at radius 3 is 2.76 bits per heavy atom. The number of hydrogen-bond donors (Lipinski definition) is 0. The standard InChI is InChI=1S/C23H25N3O2S/c27-20(26-12-6-10-17-9-4-5-11-19(17)26)13-25-15-24-22-21(23(25)28)18(14-29-22)16-7-2-1-3-8-16/h1-3,7-8,14-15,17,19H,4-6,9-13H2/t17-,19+/m0/s1. The van der Waals surface area contributed by atoms with Gasteiger partial charge in [-0.1, -0.05) is 43.2 Å². The fraction of sp³-hybridized carbons (Fsp3) is 0.435. The van der Waals surface area contributed by atoms with Gasteiger partial charge in [0.2, 0.25) is 5.91 Å². The molecule has 0 radical (unpaired) electrons. The van der Waals surface area contributed by atoms with Gasteiger partial charge in [-0.2, -0.15) is 0 Å². The highest BCUT2D eigenvalue weighted by atomic mass is 32.1. The van der Waals surface area contributed by atoms with Gasteiger partial charge in [-0.25, -0.2) is 4.98 Å². The lowest BCUT2D eigenvalue weighted by Crippen LogP contribution is -2.51. The second kappa shape index (κ2) is 7.75. The van der Waals surface area contributed by atoms with Gasteiger partial charge < -0.3 is 4.90 Å². The van der Waals surface area contributed by atoms with Gasteiger partial charge in [0.05, 0.1) is 11.7 Å². The molecule has 1 amide bonds. The van der Waals surface area contributed by atoms with Gasteiger partial charge in [-0.3, -0.25) is 14.2 Å². The number of nitrogens with zero attached hydrogens (tertiary/aromatic N) is 3. The SMILES string of the molecule is O=C(Cn1cnc2scc(-c3ccccc3)c2c1=O)N1CCC[C@@H]2CCCC[C@H]21. The van der Waals surface area contributed by atoms with Gasteiger partial charge in [0.1, 0.15) is 11.4 Å². The first-order valence-electron chi connectivity index (χ1n) is 10.5. The zero-order valence-corrected chi connectivity index (χ0v) is 17.2. The van der Waals surface area contributed by atoms with E-state index in [2.05, 4.69) is 9.88 Å². The highest BCUT2D eigenvalue weighted by molar-refractivity contribution is 7.17. The van der Waals surface area contributed by atoms with Crippen LogP contribution in [0.4, 0.5) is 0 Å². The largest absolute Gasteiger partial charge is 0.338 e. The summed E-state index contributed by atoms with van der Waals surface area (Å²) in [5, 5.41) is 2.60. The normalized spacial score (nSPS) is 21.9. The number of benzene rings is 1. The molecule has 0 spiro atoms. The molecule has 2 fully saturated rings. The number of aromatic nitrogens is 2. The van der Waals surface area contributed by atoms with Crippen LogP contribution in [-0.4, -0.2) is 32.9 Å². The van der Waals surface area contributed by atoms with Crippen LogP contribution in [0.1, 0.15) is 38.5 Å². The van der Waals surface area contributed by atoms with Gasteiger partial charge in [0.15, 0.2) is 0 Å². The molecule has 1 aliphatic carbocycles. The monoisotopic (exact) mass is 407 g/mol. The van der Waals surface area contributed by atoms with E-state index in [0.717, 1.165) is 35.3 Å². The summed E-state index contributed by atoms with van der Waals surface area (Å²) in [4.78, 5) is 33.6. The van der Waals surface area contributed by atoms with Crippen LogP contribution in [0.2, 0.25) is 0 Å². The molecule has 5 nitrogen and oxygen atoms in total. The topological polar surface area (TPSA) is 55.2 Å². The first-order chi connectivity index (χ1) is 14.2. The summed E-state index contributed by atoms with van der Waals surface area (Å²) >= 11 is 1.47. The van der Waals surface area contributed by atoms with Gasteiger partial charge in [0, 0.05) is 23.5 Å². The first-order valence-corrected chi connectivity index (χ1v) is 11.4. The van der Waals surface area contributed by atoms with Crippen LogP contribution in [0.3, 0.4) is 0 Å². The molecule has 0 bridgehead atoms. The first kappa shape index (κ1) is 18.6. The zero-order valence-electron chi connectivity index (χ0n) is 16.4. The van der Waals surface area contributed by atoms with E-state index in [1.165, 1.54) is 47.9 Å². The molecule has 1 aromatic carbocycles. The van der Waals surface area contributed by atoms with Crippen LogP contribution < -0.4 is 5.56 Å². The molecule has 5 rings (SSSR count). The maximum absolute atomic E-state index is 13.2. The van der Waals surface area contributed by atoms with Gasteiger partial charge >= 0.3 is 0 Å². The summed E-state index contributed by atoms with van der Waals surface area (Å²) in [6, 6.07) is 10.3. The number of carbonyl (C=O) groups excluding carboxylic acids is 1. The lowest BCUT2D eigenvalue weighted by Gasteiger charge is -2.44. The van der Waals surface area contributed by atoms with Crippen molar-refractivity contribution in [3.8, 4) is 11.1 Å². The lowest BCUT2D eigenvalue weighted by molar-refractivity contribution is -0.138. The molecule has 6 heteroatoms. The van der Waals surface area contributed by atoms with Crippen molar-refractivity contribution in [3.05, 3.63) is 52.4 Å². The summed E-state index contributed by atoms with van der Waals surface area (Å²) < 4.78 is 1.50. The molecule has 3 heterocycles. The Morgan fingerprint density at radius 2 is 1.90 bits per heavy atom. The Balaban J connectivity index is 1.45. The molecule has 2 aromatic heterocycles. The molecule has 2 aliphatic rings. The third kappa shape index (κ3) is 3.39. The average molecular weight is 408 g/mol. The van der Waals surface area contributed by atoms with Crippen molar-refractivity contribution in [2.75, 3.05) is 6.54 Å². The third-order valence-electron chi connectivity index (χ3n) is 6.51. The number of rotatable bonds is 3. The van der Waals surface area contributed by atoms with E-state index in [-0.39, 0.29) is 18.0 Å². The Hall–Kier alpha value is -2.47. The van der Waals surface area contributed by atoms with Crippen LogP contribution in [0.25, 0.3) is 21.3 Å². The number of fused-ring (bicyclic) bond motifs is 2. The number of piperidine rings is 1. The molecule has 29 heavy (non-hydrogen) atoms. The predicted octanol–water partition coefficient (Wildman–Crippen LogP) is 4.31. The predicted molar refractivity (Wildman–Crippen MR) is 116 cm³/mol. The van der Waals surface area contributed by atoms with Gasteiger partial charge in [-0.15, -0.1) is 11.3 Å². The van der Waals surface area contributed by atoms with Crippen molar-refractivity contribution >= 4 is 27.5 Å². The van der Waals surface area contributed by atoms with Crippen molar-refractivity contribution < 1.29 is 4.79 Å². The summed E-state index contributed by atoms with van der Waals surface area (Å²) in [5.41, 5.74) is 1.78. The molecule has 1 saturated heterocycles. The van der Waals surface area contributed by atoms with E-state index < -0.39 is 0 Å². The Labute approximate surface area is 174 Å². The van der Waals surface area contributed by atoms with Crippen molar-refractivity contribution in [2.24, 2.45) is 5.92 Å². The van der Waals surface area contributed by atoms with E-state index in [1.807, 2.05) is 35.7 Å². The number of hydrogen-bond acceptors (Lipinski definition) is 4. The molecule has 2 atom stereocenters. The number of thiophene rings is 1. The zero-order chi connectivity index (χ0) is 19.8. The van der Waals surface area contributed by atoms with E-state index in [4.69, 9.17) is 0 Å². The molecule has 0 unspecified atom stereocenters. The minimum Gasteiger partial charge on any atom is -0.338 e. The second-order valence-corrected chi connectivity index (χ2v) is 9.07. The van der Waals surface area contributed by atoms with Crippen molar-refractivity contribution in [2.45, 2.75) is 51.1 Å². The highest BCUT2D eigenvalue weighted by Gasteiger charge is 2.35. The van der Waals surface area contributed by atoms with E-state index in [9.17, 15) is 9.59 Å².